The molecule has 0 aliphatic heterocycles. The topological polar surface area (TPSA) is 78.5 Å². The Hall–Kier alpha value is -2.83. The summed E-state index contributed by atoms with van der Waals surface area (Å²) in [7, 11) is 1.66. The summed E-state index contributed by atoms with van der Waals surface area (Å²) >= 11 is 0. The number of para-hydroxylation sites is 1. The SMILES string of the molecule is Cn1nnc(CC(=O)c2ccn(-c3ccccc3)n2)n1. The van der Waals surface area contributed by atoms with Crippen LogP contribution in [-0.2, 0) is 13.5 Å². The molecule has 0 amide bonds. The molecule has 3 rings (SSSR count). The molecule has 0 radical (unpaired) electrons. The Kier molecular flexibility index (Phi) is 3.08. The standard InChI is InChI=1S/C13H12N6O/c1-18-16-13(14-17-18)9-12(20)11-7-8-19(15-11)10-5-3-2-4-6-10/h2-8H,9H2,1H3. The third kappa shape index (κ3) is 2.46. The highest BCUT2D eigenvalue weighted by Gasteiger charge is 2.14. The molecule has 0 unspecified atom stereocenters. The van der Waals surface area contributed by atoms with Crippen LogP contribution in [0.5, 0.6) is 0 Å². The lowest BCUT2D eigenvalue weighted by atomic mass is 10.2. The van der Waals surface area contributed by atoms with Crippen LogP contribution in [0.2, 0.25) is 0 Å². The maximum atomic E-state index is 12.1. The van der Waals surface area contributed by atoms with Gasteiger partial charge in [-0.3, -0.25) is 4.79 Å². The van der Waals surface area contributed by atoms with Gasteiger partial charge in [0.15, 0.2) is 11.6 Å². The number of carbonyl (C=O) groups is 1. The first kappa shape index (κ1) is 12.2. The third-order valence-corrected chi connectivity index (χ3v) is 2.76. The highest BCUT2D eigenvalue weighted by Crippen LogP contribution is 2.08. The number of hydrogen-bond acceptors (Lipinski definition) is 5. The van der Waals surface area contributed by atoms with Crippen LogP contribution in [0.1, 0.15) is 16.3 Å². The van der Waals surface area contributed by atoms with Crippen LogP contribution < -0.4 is 0 Å². The Bertz CT molecular complexity index is 730. The van der Waals surface area contributed by atoms with Crippen LogP contribution >= 0.6 is 0 Å². The number of hydrogen-bond donors (Lipinski definition) is 0. The maximum Gasteiger partial charge on any atom is 0.190 e. The Balaban J connectivity index is 1.78. The summed E-state index contributed by atoms with van der Waals surface area (Å²) in [5.74, 6) is 0.263. The minimum atomic E-state index is -0.132. The van der Waals surface area contributed by atoms with Gasteiger partial charge in [-0.15, -0.1) is 10.2 Å². The van der Waals surface area contributed by atoms with Gasteiger partial charge in [0.25, 0.3) is 0 Å². The van der Waals surface area contributed by atoms with Crippen molar-refractivity contribution < 1.29 is 4.79 Å². The van der Waals surface area contributed by atoms with E-state index in [0.717, 1.165) is 5.69 Å². The summed E-state index contributed by atoms with van der Waals surface area (Å²) in [5.41, 5.74) is 1.30. The average molecular weight is 268 g/mol. The molecule has 100 valence electrons. The molecule has 20 heavy (non-hydrogen) atoms. The van der Waals surface area contributed by atoms with Gasteiger partial charge < -0.3 is 0 Å². The van der Waals surface area contributed by atoms with Gasteiger partial charge in [-0.1, -0.05) is 18.2 Å². The fraction of sp³-hybridized carbons (Fsp3) is 0.154. The van der Waals surface area contributed by atoms with Crippen LogP contribution in [0, 0.1) is 0 Å². The fourth-order valence-corrected chi connectivity index (χ4v) is 1.83. The zero-order valence-corrected chi connectivity index (χ0v) is 10.8. The van der Waals surface area contributed by atoms with E-state index < -0.39 is 0 Å². The van der Waals surface area contributed by atoms with E-state index in [-0.39, 0.29) is 12.2 Å². The second kappa shape index (κ2) is 5.04. The minimum absolute atomic E-state index is 0.0969. The van der Waals surface area contributed by atoms with E-state index in [4.69, 9.17) is 0 Å². The first-order valence-corrected chi connectivity index (χ1v) is 6.09. The van der Waals surface area contributed by atoms with Gasteiger partial charge in [0.05, 0.1) is 19.2 Å². The molecule has 0 atom stereocenters. The Morgan fingerprint density at radius 1 is 1.15 bits per heavy atom. The maximum absolute atomic E-state index is 12.1. The Morgan fingerprint density at radius 2 is 1.95 bits per heavy atom. The number of tetrazole rings is 1. The van der Waals surface area contributed by atoms with Gasteiger partial charge in [0.1, 0.15) is 5.69 Å². The van der Waals surface area contributed by atoms with Gasteiger partial charge in [0.2, 0.25) is 0 Å². The molecule has 0 aliphatic rings. The van der Waals surface area contributed by atoms with Crippen molar-refractivity contribution in [2.75, 3.05) is 0 Å². The zero-order chi connectivity index (χ0) is 13.9. The number of aryl methyl sites for hydroxylation is 1. The minimum Gasteiger partial charge on any atom is -0.292 e. The molecule has 0 saturated carbocycles. The molecule has 0 fully saturated rings. The van der Waals surface area contributed by atoms with Crippen molar-refractivity contribution in [3.8, 4) is 5.69 Å². The first-order valence-electron chi connectivity index (χ1n) is 6.09. The molecule has 2 heterocycles. The Labute approximate surface area is 114 Å². The summed E-state index contributed by atoms with van der Waals surface area (Å²) < 4.78 is 1.66. The van der Waals surface area contributed by atoms with Crippen molar-refractivity contribution in [2.24, 2.45) is 7.05 Å². The van der Waals surface area contributed by atoms with Crippen molar-refractivity contribution in [3.63, 3.8) is 0 Å². The predicted molar refractivity (Wildman–Crippen MR) is 70.4 cm³/mol. The van der Waals surface area contributed by atoms with Gasteiger partial charge in [0, 0.05) is 6.20 Å². The summed E-state index contributed by atoms with van der Waals surface area (Å²) in [6, 6.07) is 11.3. The van der Waals surface area contributed by atoms with E-state index in [9.17, 15) is 4.79 Å². The van der Waals surface area contributed by atoms with E-state index in [0.29, 0.717) is 11.5 Å². The quantitative estimate of drug-likeness (QED) is 0.655. The van der Waals surface area contributed by atoms with E-state index in [1.165, 1.54) is 4.80 Å². The second-order valence-corrected chi connectivity index (χ2v) is 4.28. The molecule has 0 spiro atoms. The number of aromatic nitrogens is 6. The molecule has 7 nitrogen and oxygen atoms in total. The molecule has 3 aromatic rings. The monoisotopic (exact) mass is 268 g/mol. The molecule has 2 aromatic heterocycles. The van der Waals surface area contributed by atoms with Crippen molar-refractivity contribution in [2.45, 2.75) is 6.42 Å². The van der Waals surface area contributed by atoms with Crippen LogP contribution in [0.4, 0.5) is 0 Å². The second-order valence-electron chi connectivity index (χ2n) is 4.28. The summed E-state index contributed by atoms with van der Waals surface area (Å²) in [4.78, 5) is 13.4. The molecule has 1 aromatic carbocycles. The smallest absolute Gasteiger partial charge is 0.190 e. The lowest BCUT2D eigenvalue weighted by Crippen LogP contribution is -2.07. The van der Waals surface area contributed by atoms with Crippen molar-refractivity contribution in [1.82, 2.24) is 30.0 Å². The summed E-state index contributed by atoms with van der Waals surface area (Å²) in [6.45, 7) is 0. The number of benzene rings is 1. The van der Waals surface area contributed by atoms with Gasteiger partial charge >= 0.3 is 0 Å². The number of nitrogens with zero attached hydrogens (tertiary/aromatic N) is 6. The molecule has 0 N–H and O–H groups in total. The van der Waals surface area contributed by atoms with Crippen molar-refractivity contribution in [3.05, 3.63) is 54.1 Å². The number of Topliss-reactive ketones (excluding diaryl/α,β-unsaturated/α-hetero) is 1. The fourth-order valence-electron chi connectivity index (χ4n) is 1.83. The predicted octanol–water partition coefficient (Wildman–Crippen LogP) is 0.821. The highest BCUT2D eigenvalue weighted by atomic mass is 16.1. The number of rotatable bonds is 4. The zero-order valence-electron chi connectivity index (χ0n) is 10.8. The molecule has 0 saturated heterocycles. The summed E-state index contributed by atoms with van der Waals surface area (Å²) in [6.07, 6.45) is 1.85. The molecule has 0 bridgehead atoms. The molecule has 7 heteroatoms. The van der Waals surface area contributed by atoms with Gasteiger partial charge in [-0.05, 0) is 23.4 Å². The lowest BCUT2D eigenvalue weighted by molar-refractivity contribution is 0.0985. The third-order valence-electron chi connectivity index (χ3n) is 2.76. The molecular weight excluding hydrogens is 256 g/mol. The Morgan fingerprint density at radius 3 is 2.65 bits per heavy atom. The van der Waals surface area contributed by atoms with Gasteiger partial charge in [-0.25, -0.2) is 4.68 Å². The molecule has 0 aliphatic carbocycles. The highest BCUT2D eigenvalue weighted by molar-refractivity contribution is 5.95. The van der Waals surface area contributed by atoms with E-state index in [2.05, 4.69) is 20.5 Å². The summed E-state index contributed by atoms with van der Waals surface area (Å²) in [5, 5.41) is 15.7. The average Bonchev–Trinajstić information content (AvgIpc) is 3.09. The van der Waals surface area contributed by atoms with E-state index in [1.807, 2.05) is 30.3 Å². The van der Waals surface area contributed by atoms with Crippen LogP contribution in [0.3, 0.4) is 0 Å². The van der Waals surface area contributed by atoms with E-state index >= 15 is 0 Å². The lowest BCUT2D eigenvalue weighted by Gasteiger charge is -1.99. The van der Waals surface area contributed by atoms with Crippen molar-refractivity contribution in [1.29, 1.82) is 0 Å². The normalized spacial score (nSPS) is 10.7. The largest absolute Gasteiger partial charge is 0.292 e. The first-order chi connectivity index (χ1) is 9.72. The molecular formula is C13H12N6O. The van der Waals surface area contributed by atoms with E-state index in [1.54, 1.807) is 24.0 Å². The van der Waals surface area contributed by atoms with Gasteiger partial charge in [-0.2, -0.15) is 9.90 Å². The van der Waals surface area contributed by atoms with Crippen molar-refractivity contribution >= 4 is 5.78 Å². The number of ketones is 1. The number of carbonyl (C=O) groups excluding carboxylic acids is 1. The van der Waals surface area contributed by atoms with Crippen LogP contribution in [0.15, 0.2) is 42.6 Å². The van der Waals surface area contributed by atoms with Crippen LogP contribution in [-0.4, -0.2) is 35.8 Å². The van der Waals surface area contributed by atoms with Crippen LogP contribution in [0.25, 0.3) is 5.69 Å².